The van der Waals surface area contributed by atoms with Gasteiger partial charge < -0.3 is 4.90 Å². The maximum absolute atomic E-state index is 12.7. The van der Waals surface area contributed by atoms with Crippen molar-refractivity contribution in [1.82, 2.24) is 9.88 Å². The van der Waals surface area contributed by atoms with Crippen LogP contribution in [0.25, 0.3) is 0 Å². The third-order valence-corrected chi connectivity index (χ3v) is 5.98. The Balaban J connectivity index is 1.48. The number of aromatic nitrogens is 1. The lowest BCUT2D eigenvalue weighted by molar-refractivity contribution is -0.384. The van der Waals surface area contributed by atoms with Gasteiger partial charge in [0.1, 0.15) is 5.02 Å². The summed E-state index contributed by atoms with van der Waals surface area (Å²) in [5.41, 5.74) is 1.25. The van der Waals surface area contributed by atoms with Crippen LogP contribution in [0, 0.1) is 10.1 Å². The van der Waals surface area contributed by atoms with E-state index in [0.717, 1.165) is 16.6 Å². The van der Waals surface area contributed by atoms with Crippen molar-refractivity contribution in [2.45, 2.75) is 13.0 Å². The minimum Gasteiger partial charge on any atom is -0.333 e. The number of nitro groups is 1. The topological polar surface area (TPSA) is 105 Å². The van der Waals surface area contributed by atoms with Gasteiger partial charge >= 0.3 is 0 Å². The van der Waals surface area contributed by atoms with Gasteiger partial charge in [0.2, 0.25) is 0 Å². The predicted octanol–water partition coefficient (Wildman–Crippen LogP) is 4.16. The lowest BCUT2D eigenvalue weighted by Gasteiger charge is -2.26. The van der Waals surface area contributed by atoms with Crippen LogP contribution in [0.4, 0.5) is 10.8 Å². The van der Waals surface area contributed by atoms with E-state index >= 15 is 0 Å². The number of nitro benzene ring substituents is 1. The van der Waals surface area contributed by atoms with E-state index in [0.29, 0.717) is 30.2 Å². The molecule has 0 unspecified atom stereocenters. The number of anilines is 1. The molecule has 4 rings (SSSR count). The van der Waals surface area contributed by atoms with Crippen molar-refractivity contribution in [2.75, 3.05) is 11.9 Å². The zero-order valence-corrected chi connectivity index (χ0v) is 17.1. The number of carbonyl (C=O) groups excluding carboxylic acids is 2. The molecule has 1 aliphatic rings. The summed E-state index contributed by atoms with van der Waals surface area (Å²) in [5.74, 6) is -0.563. The third kappa shape index (κ3) is 4.03. The maximum Gasteiger partial charge on any atom is 0.288 e. The van der Waals surface area contributed by atoms with Crippen LogP contribution in [0.5, 0.6) is 0 Å². The van der Waals surface area contributed by atoms with Gasteiger partial charge in [0.25, 0.3) is 17.5 Å². The predicted molar refractivity (Wildman–Crippen MR) is 113 cm³/mol. The standard InChI is InChI=1S/C20H15ClN4O4S/c21-14-7-6-13(10-16(14)25(28)29)18(26)23-20-22-15-8-9-24(11-17(15)30-20)19(27)12-4-2-1-3-5-12/h1-7,10H,8-9,11H2,(H,22,23,26). The highest BCUT2D eigenvalue weighted by Gasteiger charge is 2.25. The molecular formula is C20H15ClN4O4S. The molecule has 0 atom stereocenters. The summed E-state index contributed by atoms with van der Waals surface area (Å²) >= 11 is 7.08. The molecule has 2 aromatic carbocycles. The van der Waals surface area contributed by atoms with Crippen molar-refractivity contribution in [1.29, 1.82) is 0 Å². The van der Waals surface area contributed by atoms with Crippen LogP contribution in [-0.2, 0) is 13.0 Å². The molecule has 0 aliphatic carbocycles. The molecule has 2 amide bonds. The lowest BCUT2D eigenvalue weighted by atomic mass is 10.1. The summed E-state index contributed by atoms with van der Waals surface area (Å²) in [5, 5.41) is 14.0. The lowest BCUT2D eigenvalue weighted by Crippen LogP contribution is -2.35. The van der Waals surface area contributed by atoms with Crippen molar-refractivity contribution < 1.29 is 14.5 Å². The molecule has 0 fully saturated rings. The Morgan fingerprint density at radius 2 is 1.93 bits per heavy atom. The number of amides is 2. The van der Waals surface area contributed by atoms with E-state index in [1.165, 1.54) is 23.5 Å². The summed E-state index contributed by atoms with van der Waals surface area (Å²) in [6.07, 6.45) is 0.590. The Labute approximate surface area is 180 Å². The highest BCUT2D eigenvalue weighted by Crippen LogP contribution is 2.30. The Bertz CT molecular complexity index is 1150. The van der Waals surface area contributed by atoms with Gasteiger partial charge in [-0.3, -0.25) is 25.0 Å². The number of hydrogen-bond donors (Lipinski definition) is 1. The van der Waals surface area contributed by atoms with Crippen LogP contribution in [0.1, 0.15) is 31.3 Å². The molecule has 1 N–H and O–H groups in total. The smallest absolute Gasteiger partial charge is 0.288 e. The highest BCUT2D eigenvalue weighted by atomic mass is 35.5. The van der Waals surface area contributed by atoms with Crippen molar-refractivity contribution >= 4 is 45.6 Å². The Kier molecular flexibility index (Phi) is 5.47. The van der Waals surface area contributed by atoms with Crippen molar-refractivity contribution in [3.05, 3.63) is 85.4 Å². The van der Waals surface area contributed by atoms with Gasteiger partial charge in [-0.1, -0.05) is 41.1 Å². The number of benzene rings is 2. The van der Waals surface area contributed by atoms with Gasteiger partial charge in [0.05, 0.1) is 17.2 Å². The maximum atomic E-state index is 12.7. The second kappa shape index (κ2) is 8.21. The fraction of sp³-hybridized carbons (Fsp3) is 0.150. The molecule has 1 aliphatic heterocycles. The minimum absolute atomic E-state index is 0.0376. The molecule has 0 radical (unpaired) electrons. The van der Waals surface area contributed by atoms with Crippen LogP contribution < -0.4 is 5.32 Å². The molecule has 1 aromatic heterocycles. The van der Waals surface area contributed by atoms with Crippen LogP contribution in [0.2, 0.25) is 5.02 Å². The molecule has 30 heavy (non-hydrogen) atoms. The van der Waals surface area contributed by atoms with Crippen LogP contribution >= 0.6 is 22.9 Å². The van der Waals surface area contributed by atoms with Crippen molar-refractivity contribution in [3.8, 4) is 0 Å². The average Bonchev–Trinajstić information content (AvgIpc) is 3.15. The fourth-order valence-corrected chi connectivity index (χ4v) is 4.35. The summed E-state index contributed by atoms with van der Waals surface area (Å²) in [7, 11) is 0. The van der Waals surface area contributed by atoms with Gasteiger partial charge in [0, 0.05) is 35.0 Å². The first-order chi connectivity index (χ1) is 14.4. The molecule has 0 spiro atoms. The highest BCUT2D eigenvalue weighted by molar-refractivity contribution is 7.15. The van der Waals surface area contributed by atoms with Crippen LogP contribution in [-0.4, -0.2) is 33.2 Å². The van der Waals surface area contributed by atoms with Gasteiger partial charge in [-0.25, -0.2) is 4.98 Å². The van der Waals surface area contributed by atoms with E-state index in [1.54, 1.807) is 17.0 Å². The first-order valence-corrected chi connectivity index (χ1v) is 10.2. The molecule has 3 aromatic rings. The zero-order valence-electron chi connectivity index (χ0n) is 15.5. The minimum atomic E-state index is -0.639. The Morgan fingerprint density at radius 1 is 1.17 bits per heavy atom. The van der Waals surface area contributed by atoms with Crippen LogP contribution in [0.15, 0.2) is 48.5 Å². The van der Waals surface area contributed by atoms with Crippen LogP contribution in [0.3, 0.4) is 0 Å². The number of rotatable bonds is 4. The third-order valence-electron chi connectivity index (χ3n) is 4.66. The van der Waals surface area contributed by atoms with Gasteiger partial charge in [-0.05, 0) is 24.3 Å². The number of thiazole rings is 1. The second-order valence-electron chi connectivity index (χ2n) is 6.61. The summed E-state index contributed by atoms with van der Waals surface area (Å²) in [4.78, 5) is 42.7. The summed E-state index contributed by atoms with van der Waals surface area (Å²) in [6.45, 7) is 0.963. The number of nitrogens with one attached hydrogen (secondary N) is 1. The Hall–Kier alpha value is -3.30. The number of halogens is 1. The molecule has 152 valence electrons. The van der Waals surface area contributed by atoms with Crippen molar-refractivity contribution in [2.24, 2.45) is 0 Å². The van der Waals surface area contributed by atoms with E-state index in [-0.39, 0.29) is 22.2 Å². The molecule has 0 bridgehead atoms. The quantitative estimate of drug-likeness (QED) is 0.482. The van der Waals surface area contributed by atoms with E-state index in [1.807, 2.05) is 18.2 Å². The SMILES string of the molecule is O=C(Nc1nc2c(s1)CN(C(=O)c1ccccc1)CC2)c1ccc(Cl)c([N+](=O)[O-])c1. The Morgan fingerprint density at radius 3 is 2.67 bits per heavy atom. The van der Waals surface area contributed by atoms with Crippen molar-refractivity contribution in [3.63, 3.8) is 0 Å². The molecule has 10 heteroatoms. The number of carbonyl (C=O) groups is 2. The molecule has 2 heterocycles. The number of nitrogens with zero attached hydrogens (tertiary/aromatic N) is 3. The van der Waals surface area contributed by atoms with E-state index in [2.05, 4.69) is 10.3 Å². The van der Waals surface area contributed by atoms with Gasteiger partial charge in [-0.15, -0.1) is 0 Å². The van der Waals surface area contributed by atoms with E-state index in [9.17, 15) is 19.7 Å². The monoisotopic (exact) mass is 442 g/mol. The summed E-state index contributed by atoms with van der Waals surface area (Å²) < 4.78 is 0. The zero-order chi connectivity index (χ0) is 21.3. The van der Waals surface area contributed by atoms with Gasteiger partial charge in [0.15, 0.2) is 5.13 Å². The molecular weight excluding hydrogens is 428 g/mol. The van der Waals surface area contributed by atoms with Gasteiger partial charge in [-0.2, -0.15) is 0 Å². The van der Waals surface area contributed by atoms with E-state index in [4.69, 9.17) is 11.6 Å². The largest absolute Gasteiger partial charge is 0.333 e. The first kappa shape index (κ1) is 20.0. The second-order valence-corrected chi connectivity index (χ2v) is 8.10. The first-order valence-electron chi connectivity index (χ1n) is 9.00. The molecule has 0 saturated heterocycles. The summed E-state index contributed by atoms with van der Waals surface area (Å²) in [6, 6.07) is 12.9. The number of fused-ring (bicyclic) bond motifs is 1. The average molecular weight is 443 g/mol. The van der Waals surface area contributed by atoms with E-state index < -0.39 is 10.8 Å². The molecule has 8 nitrogen and oxygen atoms in total. The number of hydrogen-bond acceptors (Lipinski definition) is 6. The molecule has 0 saturated carbocycles. The normalized spacial score (nSPS) is 12.9. The fourth-order valence-electron chi connectivity index (χ4n) is 3.15.